The SMILES string of the molecule is COc1ccc(CC(C)C)cc1CN. The Balaban J connectivity index is 2.89. The van der Waals surface area contributed by atoms with Gasteiger partial charge in [-0.05, 0) is 24.0 Å². The molecule has 0 spiro atoms. The molecule has 0 atom stereocenters. The molecule has 0 fully saturated rings. The van der Waals surface area contributed by atoms with Crippen molar-refractivity contribution in [3.8, 4) is 5.75 Å². The summed E-state index contributed by atoms with van der Waals surface area (Å²) < 4.78 is 5.22. The van der Waals surface area contributed by atoms with Gasteiger partial charge < -0.3 is 10.5 Å². The molecule has 0 saturated carbocycles. The topological polar surface area (TPSA) is 35.2 Å². The van der Waals surface area contributed by atoms with Gasteiger partial charge in [0.15, 0.2) is 0 Å². The van der Waals surface area contributed by atoms with Crippen molar-refractivity contribution in [1.82, 2.24) is 0 Å². The zero-order valence-electron chi connectivity index (χ0n) is 9.21. The maximum absolute atomic E-state index is 5.65. The molecular formula is C12H19NO. The lowest BCUT2D eigenvalue weighted by Crippen LogP contribution is -2.02. The lowest BCUT2D eigenvalue weighted by Gasteiger charge is -2.10. The van der Waals surface area contributed by atoms with E-state index in [4.69, 9.17) is 10.5 Å². The normalized spacial score (nSPS) is 10.6. The third-order valence-electron chi connectivity index (χ3n) is 2.21. The van der Waals surface area contributed by atoms with Crippen molar-refractivity contribution in [1.29, 1.82) is 0 Å². The molecule has 0 radical (unpaired) electrons. The molecule has 0 unspecified atom stereocenters. The summed E-state index contributed by atoms with van der Waals surface area (Å²) in [6.45, 7) is 4.97. The first-order valence-electron chi connectivity index (χ1n) is 5.03. The van der Waals surface area contributed by atoms with E-state index in [9.17, 15) is 0 Å². The maximum Gasteiger partial charge on any atom is 0.123 e. The van der Waals surface area contributed by atoms with Crippen LogP contribution in [0, 0.1) is 5.92 Å². The van der Waals surface area contributed by atoms with Crippen LogP contribution >= 0.6 is 0 Å². The van der Waals surface area contributed by atoms with Crippen molar-refractivity contribution in [2.75, 3.05) is 7.11 Å². The van der Waals surface area contributed by atoms with Gasteiger partial charge in [0.25, 0.3) is 0 Å². The smallest absolute Gasteiger partial charge is 0.123 e. The van der Waals surface area contributed by atoms with Gasteiger partial charge in [-0.2, -0.15) is 0 Å². The van der Waals surface area contributed by atoms with Gasteiger partial charge in [0, 0.05) is 12.1 Å². The lowest BCUT2D eigenvalue weighted by molar-refractivity contribution is 0.409. The van der Waals surface area contributed by atoms with E-state index in [-0.39, 0.29) is 0 Å². The first kappa shape index (κ1) is 11.1. The fourth-order valence-electron chi connectivity index (χ4n) is 1.59. The van der Waals surface area contributed by atoms with E-state index >= 15 is 0 Å². The minimum Gasteiger partial charge on any atom is -0.496 e. The Morgan fingerprint density at radius 3 is 2.57 bits per heavy atom. The molecule has 0 bridgehead atoms. The Morgan fingerprint density at radius 2 is 2.07 bits per heavy atom. The highest BCUT2D eigenvalue weighted by Gasteiger charge is 2.03. The average molecular weight is 193 g/mol. The summed E-state index contributed by atoms with van der Waals surface area (Å²) in [6, 6.07) is 6.25. The van der Waals surface area contributed by atoms with Crippen molar-refractivity contribution in [2.24, 2.45) is 11.7 Å². The molecule has 0 heterocycles. The molecule has 0 amide bonds. The molecule has 1 aromatic carbocycles. The number of hydrogen-bond donors (Lipinski definition) is 1. The third-order valence-corrected chi connectivity index (χ3v) is 2.21. The summed E-state index contributed by atoms with van der Waals surface area (Å²) in [5.74, 6) is 1.56. The Hall–Kier alpha value is -1.02. The second kappa shape index (κ2) is 5.01. The fourth-order valence-corrected chi connectivity index (χ4v) is 1.59. The highest BCUT2D eigenvalue weighted by atomic mass is 16.5. The fraction of sp³-hybridized carbons (Fsp3) is 0.500. The third kappa shape index (κ3) is 2.74. The molecule has 78 valence electrons. The predicted octanol–water partition coefficient (Wildman–Crippen LogP) is 2.35. The van der Waals surface area contributed by atoms with Crippen molar-refractivity contribution in [3.05, 3.63) is 29.3 Å². The summed E-state index contributed by atoms with van der Waals surface area (Å²) in [7, 11) is 1.68. The molecular weight excluding hydrogens is 174 g/mol. The number of nitrogens with two attached hydrogens (primary N) is 1. The Bertz CT molecular complexity index is 294. The second-order valence-electron chi connectivity index (χ2n) is 3.95. The van der Waals surface area contributed by atoms with E-state index in [0.29, 0.717) is 12.5 Å². The number of ether oxygens (including phenoxy) is 1. The number of rotatable bonds is 4. The van der Waals surface area contributed by atoms with Crippen LogP contribution in [0.25, 0.3) is 0 Å². The summed E-state index contributed by atoms with van der Waals surface area (Å²) in [5, 5.41) is 0. The molecule has 0 aliphatic rings. The molecule has 2 N–H and O–H groups in total. The van der Waals surface area contributed by atoms with Crippen molar-refractivity contribution in [2.45, 2.75) is 26.8 Å². The van der Waals surface area contributed by atoms with Crippen molar-refractivity contribution < 1.29 is 4.74 Å². The number of hydrogen-bond acceptors (Lipinski definition) is 2. The number of methoxy groups -OCH3 is 1. The zero-order valence-corrected chi connectivity index (χ0v) is 9.21. The van der Waals surface area contributed by atoms with E-state index < -0.39 is 0 Å². The van der Waals surface area contributed by atoms with Gasteiger partial charge in [-0.15, -0.1) is 0 Å². The Labute approximate surface area is 86.1 Å². The average Bonchev–Trinajstić information content (AvgIpc) is 2.16. The van der Waals surface area contributed by atoms with Crippen LogP contribution < -0.4 is 10.5 Å². The van der Waals surface area contributed by atoms with Crippen LogP contribution in [0.3, 0.4) is 0 Å². The van der Waals surface area contributed by atoms with Crippen LogP contribution in [0.2, 0.25) is 0 Å². The Morgan fingerprint density at radius 1 is 1.36 bits per heavy atom. The molecule has 2 heteroatoms. The highest BCUT2D eigenvalue weighted by Crippen LogP contribution is 2.20. The van der Waals surface area contributed by atoms with E-state index in [1.165, 1.54) is 5.56 Å². The lowest BCUT2D eigenvalue weighted by atomic mass is 10.0. The molecule has 1 aromatic rings. The van der Waals surface area contributed by atoms with Crippen LogP contribution in [0.4, 0.5) is 0 Å². The van der Waals surface area contributed by atoms with E-state index in [1.54, 1.807) is 7.11 Å². The van der Waals surface area contributed by atoms with Gasteiger partial charge in [0.1, 0.15) is 5.75 Å². The van der Waals surface area contributed by atoms with Gasteiger partial charge in [-0.1, -0.05) is 26.0 Å². The molecule has 2 nitrogen and oxygen atoms in total. The predicted molar refractivity (Wildman–Crippen MR) is 59.4 cm³/mol. The van der Waals surface area contributed by atoms with Gasteiger partial charge in [-0.3, -0.25) is 0 Å². The molecule has 0 aliphatic heterocycles. The second-order valence-corrected chi connectivity index (χ2v) is 3.95. The monoisotopic (exact) mass is 193 g/mol. The molecule has 0 saturated heterocycles. The molecule has 0 aliphatic carbocycles. The summed E-state index contributed by atoms with van der Waals surface area (Å²) in [5.41, 5.74) is 8.07. The molecule has 14 heavy (non-hydrogen) atoms. The van der Waals surface area contributed by atoms with E-state index in [0.717, 1.165) is 17.7 Å². The van der Waals surface area contributed by atoms with Crippen LogP contribution in [-0.2, 0) is 13.0 Å². The molecule has 0 aromatic heterocycles. The van der Waals surface area contributed by atoms with Gasteiger partial charge in [0.05, 0.1) is 7.11 Å². The largest absolute Gasteiger partial charge is 0.496 e. The first-order valence-corrected chi connectivity index (χ1v) is 5.03. The van der Waals surface area contributed by atoms with Crippen LogP contribution in [0.5, 0.6) is 5.75 Å². The first-order chi connectivity index (χ1) is 6.67. The zero-order chi connectivity index (χ0) is 10.6. The summed E-state index contributed by atoms with van der Waals surface area (Å²) in [4.78, 5) is 0. The minimum atomic E-state index is 0.537. The number of benzene rings is 1. The highest BCUT2D eigenvalue weighted by molar-refractivity contribution is 5.37. The molecule has 1 rings (SSSR count). The van der Waals surface area contributed by atoms with Crippen LogP contribution in [-0.4, -0.2) is 7.11 Å². The maximum atomic E-state index is 5.65. The van der Waals surface area contributed by atoms with E-state index in [2.05, 4.69) is 26.0 Å². The quantitative estimate of drug-likeness (QED) is 0.796. The van der Waals surface area contributed by atoms with Gasteiger partial charge in [0.2, 0.25) is 0 Å². The van der Waals surface area contributed by atoms with Gasteiger partial charge >= 0.3 is 0 Å². The van der Waals surface area contributed by atoms with Crippen LogP contribution in [0.15, 0.2) is 18.2 Å². The summed E-state index contributed by atoms with van der Waals surface area (Å²) in [6.07, 6.45) is 1.09. The van der Waals surface area contributed by atoms with Crippen LogP contribution in [0.1, 0.15) is 25.0 Å². The van der Waals surface area contributed by atoms with Crippen molar-refractivity contribution in [3.63, 3.8) is 0 Å². The van der Waals surface area contributed by atoms with Gasteiger partial charge in [-0.25, -0.2) is 0 Å². The van der Waals surface area contributed by atoms with Crippen molar-refractivity contribution >= 4 is 0 Å². The standard InChI is InChI=1S/C12H19NO/c1-9(2)6-10-4-5-12(14-3)11(7-10)8-13/h4-5,7,9H,6,8,13H2,1-3H3. The van der Waals surface area contributed by atoms with E-state index in [1.807, 2.05) is 6.07 Å². The Kier molecular flexibility index (Phi) is 3.96. The summed E-state index contributed by atoms with van der Waals surface area (Å²) >= 11 is 0. The minimum absolute atomic E-state index is 0.537.